The molecule has 0 saturated carbocycles. The standard InChI is InChI=1S/C28H28O2/c1-25-19-7-5-6-8-20(19)26(2)24-14-18(16-30)10-12-22(24)27(3,28(25,26)4)23-13-17(15-29)9-11-21(23)25/h5-14,29-30H,15-16H2,1-4H3/t25-,26+,27+,28+/m0/s1. The predicted molar refractivity (Wildman–Crippen MR) is 119 cm³/mol. The highest BCUT2D eigenvalue weighted by atomic mass is 16.3. The molecule has 2 heteroatoms. The van der Waals surface area contributed by atoms with Crippen LogP contribution in [-0.4, -0.2) is 10.2 Å². The Bertz CT molecular complexity index is 1230. The Morgan fingerprint density at radius 2 is 0.900 bits per heavy atom. The number of aliphatic hydroxyl groups excluding tert-OH is 2. The maximum Gasteiger partial charge on any atom is 0.0681 e. The average molecular weight is 397 g/mol. The SMILES string of the molecule is C[C@]12c3ccccc3[C@]3(C)c4cc(CO)ccc4[C@](C)(c4cc(CO)ccc41)[C@]23C. The lowest BCUT2D eigenvalue weighted by molar-refractivity contribution is 0.0996. The zero-order chi connectivity index (χ0) is 21.1. The van der Waals surface area contributed by atoms with E-state index in [1.807, 2.05) is 0 Å². The topological polar surface area (TPSA) is 40.5 Å². The van der Waals surface area contributed by atoms with Gasteiger partial charge in [0.1, 0.15) is 0 Å². The molecule has 0 spiro atoms. The second-order valence-electron chi connectivity index (χ2n) is 10.1. The van der Waals surface area contributed by atoms with E-state index in [4.69, 9.17) is 0 Å². The summed E-state index contributed by atoms with van der Waals surface area (Å²) in [5.74, 6) is 0. The van der Waals surface area contributed by atoms with Gasteiger partial charge >= 0.3 is 0 Å². The molecule has 0 aromatic heterocycles. The van der Waals surface area contributed by atoms with Crippen LogP contribution < -0.4 is 0 Å². The Morgan fingerprint density at radius 3 is 1.30 bits per heavy atom. The van der Waals surface area contributed by atoms with Gasteiger partial charge in [-0.3, -0.25) is 0 Å². The van der Waals surface area contributed by atoms with Crippen LogP contribution in [0.2, 0.25) is 0 Å². The second kappa shape index (κ2) is 5.25. The van der Waals surface area contributed by atoms with Crippen LogP contribution in [0.4, 0.5) is 0 Å². The van der Waals surface area contributed by atoms with Crippen LogP contribution in [0.25, 0.3) is 0 Å². The molecule has 0 saturated heterocycles. The van der Waals surface area contributed by atoms with E-state index >= 15 is 0 Å². The minimum atomic E-state index is -0.195. The van der Waals surface area contributed by atoms with Gasteiger partial charge in [0.05, 0.1) is 13.2 Å². The predicted octanol–water partition coefficient (Wildman–Crippen LogP) is 4.94. The lowest BCUT2D eigenvalue weighted by Crippen LogP contribution is -2.51. The van der Waals surface area contributed by atoms with Crippen molar-refractivity contribution >= 4 is 0 Å². The molecular formula is C28H28O2. The van der Waals surface area contributed by atoms with Crippen LogP contribution in [0.15, 0.2) is 60.7 Å². The van der Waals surface area contributed by atoms with Crippen molar-refractivity contribution in [2.45, 2.75) is 57.2 Å². The maximum atomic E-state index is 9.90. The number of benzene rings is 3. The summed E-state index contributed by atoms with van der Waals surface area (Å²) in [6.07, 6.45) is 0. The third-order valence-corrected chi connectivity index (χ3v) is 9.69. The third kappa shape index (κ3) is 1.50. The summed E-state index contributed by atoms with van der Waals surface area (Å²) in [5.41, 5.74) is 9.57. The first-order valence-corrected chi connectivity index (χ1v) is 10.9. The smallest absolute Gasteiger partial charge is 0.0681 e. The molecule has 6 rings (SSSR count). The molecule has 30 heavy (non-hydrogen) atoms. The third-order valence-electron chi connectivity index (χ3n) is 9.69. The summed E-state index contributed by atoms with van der Waals surface area (Å²) >= 11 is 0. The van der Waals surface area contributed by atoms with Crippen LogP contribution in [0.5, 0.6) is 0 Å². The minimum absolute atomic E-state index is 0.0565. The van der Waals surface area contributed by atoms with E-state index in [0.717, 1.165) is 11.1 Å². The molecule has 0 fully saturated rings. The highest BCUT2D eigenvalue weighted by molar-refractivity contribution is 5.76. The Kier molecular flexibility index (Phi) is 3.21. The first-order chi connectivity index (χ1) is 14.3. The van der Waals surface area contributed by atoms with Crippen LogP contribution in [0, 0.1) is 5.41 Å². The van der Waals surface area contributed by atoms with Crippen molar-refractivity contribution in [2.75, 3.05) is 0 Å². The molecule has 2 N–H and O–H groups in total. The van der Waals surface area contributed by atoms with Crippen molar-refractivity contribution in [1.29, 1.82) is 0 Å². The van der Waals surface area contributed by atoms with Crippen LogP contribution in [-0.2, 0) is 29.5 Å². The van der Waals surface area contributed by atoms with Crippen molar-refractivity contribution in [2.24, 2.45) is 5.41 Å². The molecule has 0 unspecified atom stereocenters. The van der Waals surface area contributed by atoms with E-state index in [9.17, 15) is 10.2 Å². The number of fused-ring (bicyclic) bond motifs is 9. The van der Waals surface area contributed by atoms with Gasteiger partial charge in [-0.1, -0.05) is 88.4 Å². The molecule has 3 aromatic rings. The molecule has 152 valence electrons. The van der Waals surface area contributed by atoms with Gasteiger partial charge < -0.3 is 10.2 Å². The molecule has 0 aliphatic heterocycles. The quantitative estimate of drug-likeness (QED) is 0.644. The molecule has 3 aliphatic rings. The Morgan fingerprint density at radius 1 is 0.533 bits per heavy atom. The van der Waals surface area contributed by atoms with Crippen LogP contribution in [0.3, 0.4) is 0 Å². The molecule has 2 nitrogen and oxygen atoms in total. The molecule has 4 atom stereocenters. The lowest BCUT2D eigenvalue weighted by Gasteiger charge is -2.49. The van der Waals surface area contributed by atoms with E-state index in [-0.39, 0.29) is 34.9 Å². The fourth-order valence-corrected chi connectivity index (χ4v) is 7.99. The van der Waals surface area contributed by atoms with Gasteiger partial charge in [-0.15, -0.1) is 0 Å². The first-order valence-electron chi connectivity index (χ1n) is 10.9. The maximum absolute atomic E-state index is 9.90. The highest BCUT2D eigenvalue weighted by Gasteiger charge is 2.79. The summed E-state index contributed by atoms with van der Waals surface area (Å²) in [4.78, 5) is 0. The van der Waals surface area contributed by atoms with Gasteiger partial charge in [-0.25, -0.2) is 0 Å². The molecule has 3 aliphatic carbocycles. The Balaban J connectivity index is 1.86. The summed E-state index contributed by atoms with van der Waals surface area (Å²) in [6.45, 7) is 9.85. The molecule has 0 amide bonds. The average Bonchev–Trinajstić information content (AvgIpc) is 3.14. The van der Waals surface area contributed by atoms with Gasteiger partial charge in [-0.05, 0) is 44.5 Å². The van der Waals surface area contributed by atoms with Crippen molar-refractivity contribution in [3.05, 3.63) is 105 Å². The number of hydrogen-bond acceptors (Lipinski definition) is 2. The molecule has 0 radical (unpaired) electrons. The summed E-state index contributed by atoms with van der Waals surface area (Å²) in [7, 11) is 0. The van der Waals surface area contributed by atoms with Crippen LogP contribution in [0.1, 0.15) is 72.2 Å². The summed E-state index contributed by atoms with van der Waals surface area (Å²) in [6, 6.07) is 22.1. The monoisotopic (exact) mass is 396 g/mol. The highest BCUT2D eigenvalue weighted by Crippen LogP contribution is 2.82. The van der Waals surface area contributed by atoms with Crippen molar-refractivity contribution in [3.63, 3.8) is 0 Å². The largest absolute Gasteiger partial charge is 0.392 e. The van der Waals surface area contributed by atoms with Gasteiger partial charge in [0.15, 0.2) is 0 Å². The number of rotatable bonds is 2. The Labute approximate surface area is 178 Å². The zero-order valence-electron chi connectivity index (χ0n) is 18.1. The van der Waals surface area contributed by atoms with Gasteiger partial charge in [0.25, 0.3) is 0 Å². The van der Waals surface area contributed by atoms with E-state index in [2.05, 4.69) is 88.4 Å². The summed E-state index contributed by atoms with van der Waals surface area (Å²) < 4.78 is 0. The molecular weight excluding hydrogens is 368 g/mol. The fraction of sp³-hybridized carbons (Fsp3) is 0.357. The molecule has 3 aromatic carbocycles. The fourth-order valence-electron chi connectivity index (χ4n) is 7.99. The van der Waals surface area contributed by atoms with Gasteiger partial charge in [0, 0.05) is 21.7 Å². The summed E-state index contributed by atoms with van der Waals surface area (Å²) in [5, 5.41) is 19.8. The minimum Gasteiger partial charge on any atom is -0.392 e. The van der Waals surface area contributed by atoms with Gasteiger partial charge in [-0.2, -0.15) is 0 Å². The lowest BCUT2D eigenvalue weighted by atomic mass is 9.52. The van der Waals surface area contributed by atoms with E-state index < -0.39 is 0 Å². The molecule has 0 bridgehead atoms. The van der Waals surface area contributed by atoms with Crippen LogP contribution >= 0.6 is 0 Å². The van der Waals surface area contributed by atoms with Crippen molar-refractivity contribution < 1.29 is 10.2 Å². The van der Waals surface area contributed by atoms with Crippen molar-refractivity contribution in [3.8, 4) is 0 Å². The second-order valence-corrected chi connectivity index (χ2v) is 10.1. The zero-order valence-corrected chi connectivity index (χ0v) is 18.1. The normalized spacial score (nSPS) is 34.5. The van der Waals surface area contributed by atoms with Gasteiger partial charge in [0.2, 0.25) is 0 Å². The van der Waals surface area contributed by atoms with Crippen molar-refractivity contribution in [1.82, 2.24) is 0 Å². The number of aliphatic hydroxyl groups is 2. The Hall–Kier alpha value is -2.42. The van der Waals surface area contributed by atoms with E-state index in [1.54, 1.807) is 0 Å². The first kappa shape index (κ1) is 18.4. The van der Waals surface area contributed by atoms with E-state index in [1.165, 1.54) is 33.4 Å². The number of hydrogen-bond donors (Lipinski definition) is 2. The van der Waals surface area contributed by atoms with E-state index in [0.29, 0.717) is 0 Å². The molecule has 0 heterocycles.